The molecule has 0 aliphatic heterocycles. The van der Waals surface area contributed by atoms with Gasteiger partial charge in [0.05, 0.1) is 12.6 Å². The molecule has 1 atom stereocenters. The Morgan fingerprint density at radius 3 is 2.30 bits per heavy atom. The van der Waals surface area contributed by atoms with Crippen LogP contribution >= 0.6 is 0 Å². The second-order valence-corrected chi connectivity index (χ2v) is 5.65. The van der Waals surface area contributed by atoms with Crippen molar-refractivity contribution in [2.75, 3.05) is 52.5 Å². The summed E-state index contributed by atoms with van der Waals surface area (Å²) in [6.45, 7) is 8.35. The SMILES string of the molecule is CCCOCCNC(=O)[C@@H](N)CCNCCCCNCCCN. The number of carbonyl (C=O) groups is 1. The number of amides is 1. The maximum atomic E-state index is 11.7. The van der Waals surface area contributed by atoms with Crippen LogP contribution in [0.25, 0.3) is 0 Å². The van der Waals surface area contributed by atoms with Gasteiger partial charge >= 0.3 is 0 Å². The van der Waals surface area contributed by atoms with Gasteiger partial charge in [0.15, 0.2) is 0 Å². The highest BCUT2D eigenvalue weighted by molar-refractivity contribution is 5.81. The van der Waals surface area contributed by atoms with E-state index in [1.54, 1.807) is 0 Å². The van der Waals surface area contributed by atoms with Crippen LogP contribution in [0.2, 0.25) is 0 Å². The molecule has 0 aromatic carbocycles. The van der Waals surface area contributed by atoms with Crippen LogP contribution in [0.1, 0.15) is 39.0 Å². The van der Waals surface area contributed by atoms with E-state index >= 15 is 0 Å². The third-order valence-electron chi connectivity index (χ3n) is 3.38. The number of nitrogens with two attached hydrogens (primary N) is 2. The zero-order valence-corrected chi connectivity index (χ0v) is 14.7. The van der Waals surface area contributed by atoms with E-state index in [0.29, 0.717) is 19.6 Å². The van der Waals surface area contributed by atoms with Gasteiger partial charge in [0.25, 0.3) is 0 Å². The average Bonchev–Trinajstić information content (AvgIpc) is 2.56. The first kappa shape index (κ1) is 22.3. The number of hydrogen-bond donors (Lipinski definition) is 5. The van der Waals surface area contributed by atoms with Crippen molar-refractivity contribution in [3.05, 3.63) is 0 Å². The lowest BCUT2D eigenvalue weighted by molar-refractivity contribution is -0.122. The quantitative estimate of drug-likeness (QED) is 0.231. The normalized spacial score (nSPS) is 12.3. The Hall–Kier alpha value is -0.730. The number of nitrogens with one attached hydrogen (secondary N) is 3. The van der Waals surface area contributed by atoms with Crippen LogP contribution in [0, 0.1) is 0 Å². The van der Waals surface area contributed by atoms with Gasteiger partial charge in [0, 0.05) is 13.2 Å². The van der Waals surface area contributed by atoms with Crippen LogP contribution in [0.15, 0.2) is 0 Å². The molecule has 0 heterocycles. The van der Waals surface area contributed by atoms with Crippen molar-refractivity contribution in [2.24, 2.45) is 11.5 Å². The van der Waals surface area contributed by atoms with Crippen molar-refractivity contribution < 1.29 is 9.53 Å². The molecule has 0 saturated heterocycles. The summed E-state index contributed by atoms with van der Waals surface area (Å²) in [7, 11) is 0. The third kappa shape index (κ3) is 15.9. The zero-order valence-electron chi connectivity index (χ0n) is 14.7. The van der Waals surface area contributed by atoms with E-state index < -0.39 is 6.04 Å². The monoisotopic (exact) mass is 331 g/mol. The second kappa shape index (κ2) is 17.6. The maximum Gasteiger partial charge on any atom is 0.237 e. The van der Waals surface area contributed by atoms with Gasteiger partial charge in [-0.1, -0.05) is 6.92 Å². The number of hydrogen-bond acceptors (Lipinski definition) is 6. The molecule has 0 bridgehead atoms. The van der Waals surface area contributed by atoms with E-state index in [-0.39, 0.29) is 5.91 Å². The van der Waals surface area contributed by atoms with Gasteiger partial charge < -0.3 is 32.2 Å². The minimum Gasteiger partial charge on any atom is -0.380 e. The molecular weight excluding hydrogens is 294 g/mol. The maximum absolute atomic E-state index is 11.7. The molecule has 0 spiro atoms. The van der Waals surface area contributed by atoms with Crippen molar-refractivity contribution in [3.8, 4) is 0 Å². The van der Waals surface area contributed by atoms with Crippen molar-refractivity contribution >= 4 is 5.91 Å². The first-order valence-corrected chi connectivity index (χ1v) is 8.94. The van der Waals surface area contributed by atoms with E-state index in [2.05, 4.69) is 22.9 Å². The molecule has 0 radical (unpaired) electrons. The summed E-state index contributed by atoms with van der Waals surface area (Å²) in [4.78, 5) is 11.7. The molecule has 7 nitrogen and oxygen atoms in total. The standard InChI is InChI=1S/C16H37N5O2/c1-2-13-23-14-12-21-16(22)15(18)6-11-20-9-4-3-8-19-10-5-7-17/h15,19-20H,2-14,17-18H2,1H3,(H,21,22)/t15-/m0/s1. The van der Waals surface area contributed by atoms with Gasteiger partial charge in [-0.3, -0.25) is 4.79 Å². The van der Waals surface area contributed by atoms with Crippen LogP contribution in [-0.4, -0.2) is 64.4 Å². The van der Waals surface area contributed by atoms with Crippen LogP contribution in [0.4, 0.5) is 0 Å². The summed E-state index contributed by atoms with van der Waals surface area (Å²) in [6.07, 6.45) is 4.93. The van der Waals surface area contributed by atoms with E-state index in [1.165, 1.54) is 0 Å². The van der Waals surface area contributed by atoms with Crippen LogP contribution in [0.5, 0.6) is 0 Å². The Balaban J connectivity index is 3.31. The van der Waals surface area contributed by atoms with E-state index in [9.17, 15) is 4.79 Å². The van der Waals surface area contributed by atoms with Gasteiger partial charge in [0.2, 0.25) is 5.91 Å². The second-order valence-electron chi connectivity index (χ2n) is 5.65. The van der Waals surface area contributed by atoms with E-state index in [1.807, 2.05) is 0 Å². The molecule has 1 amide bonds. The van der Waals surface area contributed by atoms with Crippen LogP contribution < -0.4 is 27.4 Å². The minimum atomic E-state index is -0.452. The Morgan fingerprint density at radius 2 is 1.65 bits per heavy atom. The molecule has 0 fully saturated rings. The highest BCUT2D eigenvalue weighted by atomic mass is 16.5. The number of carbonyl (C=O) groups excluding carboxylic acids is 1. The largest absolute Gasteiger partial charge is 0.380 e. The highest BCUT2D eigenvalue weighted by Crippen LogP contribution is 1.89. The summed E-state index contributed by atoms with van der Waals surface area (Å²) in [6, 6.07) is -0.452. The molecular formula is C16H37N5O2. The van der Waals surface area contributed by atoms with Gasteiger partial charge in [-0.25, -0.2) is 0 Å². The minimum absolute atomic E-state index is 0.101. The van der Waals surface area contributed by atoms with Crippen molar-refractivity contribution in [1.29, 1.82) is 0 Å². The Morgan fingerprint density at radius 1 is 1.00 bits per heavy atom. The molecule has 7 N–H and O–H groups in total. The Bertz CT molecular complexity index is 267. The number of ether oxygens (including phenoxy) is 1. The van der Waals surface area contributed by atoms with E-state index in [4.69, 9.17) is 16.2 Å². The Labute approximate surface area is 141 Å². The highest BCUT2D eigenvalue weighted by Gasteiger charge is 2.11. The number of rotatable bonds is 17. The van der Waals surface area contributed by atoms with Gasteiger partial charge in [0.1, 0.15) is 0 Å². The topological polar surface area (TPSA) is 114 Å². The summed E-state index contributed by atoms with van der Waals surface area (Å²) in [5, 5.41) is 9.47. The molecule has 23 heavy (non-hydrogen) atoms. The lowest BCUT2D eigenvalue weighted by atomic mass is 10.2. The predicted octanol–water partition coefficient (Wildman–Crippen LogP) is -0.445. The predicted molar refractivity (Wildman–Crippen MR) is 95.4 cm³/mol. The van der Waals surface area contributed by atoms with Gasteiger partial charge in [-0.15, -0.1) is 0 Å². The summed E-state index contributed by atoms with van der Waals surface area (Å²) < 4.78 is 5.30. The molecule has 0 unspecified atom stereocenters. The van der Waals surface area contributed by atoms with Crippen LogP contribution in [-0.2, 0) is 9.53 Å². The number of unbranched alkanes of at least 4 members (excludes halogenated alkanes) is 1. The molecule has 0 aromatic heterocycles. The molecule has 0 saturated carbocycles. The first-order valence-electron chi connectivity index (χ1n) is 8.94. The average molecular weight is 332 g/mol. The lowest BCUT2D eigenvalue weighted by Gasteiger charge is -2.13. The molecule has 0 rings (SSSR count). The van der Waals surface area contributed by atoms with Crippen molar-refractivity contribution in [3.63, 3.8) is 0 Å². The fraction of sp³-hybridized carbons (Fsp3) is 0.938. The van der Waals surface area contributed by atoms with Crippen molar-refractivity contribution in [1.82, 2.24) is 16.0 Å². The van der Waals surface area contributed by atoms with Crippen LogP contribution in [0.3, 0.4) is 0 Å². The van der Waals surface area contributed by atoms with Gasteiger partial charge in [-0.2, -0.15) is 0 Å². The van der Waals surface area contributed by atoms with Gasteiger partial charge in [-0.05, 0) is 64.8 Å². The summed E-state index contributed by atoms with van der Waals surface area (Å²) >= 11 is 0. The molecule has 0 aromatic rings. The fourth-order valence-corrected chi connectivity index (χ4v) is 1.99. The molecule has 0 aliphatic carbocycles. The smallest absolute Gasteiger partial charge is 0.237 e. The third-order valence-corrected chi connectivity index (χ3v) is 3.38. The Kier molecular flexibility index (Phi) is 17.1. The zero-order chi connectivity index (χ0) is 17.2. The van der Waals surface area contributed by atoms with Crippen molar-refractivity contribution in [2.45, 2.75) is 45.1 Å². The fourth-order valence-electron chi connectivity index (χ4n) is 1.99. The van der Waals surface area contributed by atoms with E-state index in [0.717, 1.165) is 65.0 Å². The summed E-state index contributed by atoms with van der Waals surface area (Å²) in [5.74, 6) is -0.101. The summed E-state index contributed by atoms with van der Waals surface area (Å²) in [5.41, 5.74) is 11.3. The molecule has 7 heteroatoms. The molecule has 0 aliphatic rings. The molecule has 138 valence electrons. The first-order chi connectivity index (χ1) is 11.2. The lowest BCUT2D eigenvalue weighted by Crippen LogP contribution is -2.43.